The first-order valence-corrected chi connectivity index (χ1v) is 10.0. The number of rotatable bonds is 3. The van der Waals surface area contributed by atoms with Gasteiger partial charge in [-0.05, 0) is 36.4 Å². The van der Waals surface area contributed by atoms with E-state index in [-0.39, 0.29) is 0 Å². The Morgan fingerprint density at radius 2 is 1.64 bits per heavy atom. The SMILES string of the molecule is Clc1ccc(N2CN(c3nc4ccccc4s3)NC(c3ccccc3)=N2)cc1. The zero-order valence-corrected chi connectivity index (χ0v) is 16.4. The lowest BCUT2D eigenvalue weighted by molar-refractivity contribution is 0.677. The van der Waals surface area contributed by atoms with Crippen LogP contribution in [0.1, 0.15) is 5.56 Å². The van der Waals surface area contributed by atoms with Crippen LogP contribution in [0.15, 0.2) is 84.0 Å². The largest absolute Gasteiger partial charge is 0.276 e. The lowest BCUT2D eigenvalue weighted by atomic mass is 10.2. The van der Waals surface area contributed by atoms with Crippen LogP contribution in [-0.2, 0) is 0 Å². The fourth-order valence-electron chi connectivity index (χ4n) is 3.03. The van der Waals surface area contributed by atoms with Gasteiger partial charge in [0.2, 0.25) is 5.13 Å². The van der Waals surface area contributed by atoms with E-state index in [9.17, 15) is 0 Å². The van der Waals surface area contributed by atoms with Gasteiger partial charge in [0.05, 0.1) is 15.9 Å². The number of para-hydroxylation sites is 1. The molecule has 0 amide bonds. The second-order valence-electron chi connectivity index (χ2n) is 6.34. The minimum absolute atomic E-state index is 0.526. The highest BCUT2D eigenvalue weighted by molar-refractivity contribution is 7.22. The lowest BCUT2D eigenvalue weighted by Gasteiger charge is -2.34. The van der Waals surface area contributed by atoms with Gasteiger partial charge in [-0.2, -0.15) is 5.10 Å². The van der Waals surface area contributed by atoms with Gasteiger partial charge in [-0.25, -0.2) is 15.0 Å². The first-order valence-electron chi connectivity index (χ1n) is 8.83. The zero-order chi connectivity index (χ0) is 18.9. The second-order valence-corrected chi connectivity index (χ2v) is 7.78. The molecule has 0 aliphatic carbocycles. The van der Waals surface area contributed by atoms with Crippen molar-refractivity contribution in [2.24, 2.45) is 5.10 Å². The summed E-state index contributed by atoms with van der Waals surface area (Å²) in [5, 5.41) is 10.4. The summed E-state index contributed by atoms with van der Waals surface area (Å²) in [4.78, 5) is 4.79. The topological polar surface area (TPSA) is 43.8 Å². The number of hydrogen-bond donors (Lipinski definition) is 1. The van der Waals surface area contributed by atoms with Gasteiger partial charge in [0.1, 0.15) is 6.67 Å². The molecule has 3 aromatic carbocycles. The van der Waals surface area contributed by atoms with E-state index in [0.717, 1.165) is 32.4 Å². The molecule has 0 bridgehead atoms. The van der Waals surface area contributed by atoms with Crippen LogP contribution in [0.3, 0.4) is 0 Å². The average Bonchev–Trinajstić information content (AvgIpc) is 3.19. The van der Waals surface area contributed by atoms with Crippen LogP contribution in [0, 0.1) is 0 Å². The van der Waals surface area contributed by atoms with Crippen LogP contribution in [0.5, 0.6) is 0 Å². The Kier molecular flexibility index (Phi) is 4.35. The molecule has 0 saturated carbocycles. The minimum atomic E-state index is 0.526. The maximum Gasteiger partial charge on any atom is 0.207 e. The van der Waals surface area contributed by atoms with Crippen molar-refractivity contribution in [2.75, 3.05) is 16.7 Å². The van der Waals surface area contributed by atoms with E-state index in [1.807, 2.05) is 82.8 Å². The first kappa shape index (κ1) is 17.0. The quantitative estimate of drug-likeness (QED) is 0.515. The van der Waals surface area contributed by atoms with Crippen molar-refractivity contribution in [3.8, 4) is 0 Å². The zero-order valence-electron chi connectivity index (χ0n) is 14.8. The fourth-order valence-corrected chi connectivity index (χ4v) is 4.07. The molecule has 2 heterocycles. The number of amidine groups is 1. The molecule has 5 nitrogen and oxygen atoms in total. The fraction of sp³-hybridized carbons (Fsp3) is 0.0476. The van der Waals surface area contributed by atoms with E-state index in [1.54, 1.807) is 11.3 Å². The van der Waals surface area contributed by atoms with Gasteiger partial charge in [0.25, 0.3) is 0 Å². The van der Waals surface area contributed by atoms with E-state index in [1.165, 1.54) is 0 Å². The van der Waals surface area contributed by atoms with Crippen molar-refractivity contribution < 1.29 is 0 Å². The summed E-state index contributed by atoms with van der Waals surface area (Å²) in [5.74, 6) is 0.765. The summed E-state index contributed by atoms with van der Waals surface area (Å²) in [6, 6.07) is 25.9. The molecule has 0 saturated heterocycles. The van der Waals surface area contributed by atoms with Crippen molar-refractivity contribution in [1.29, 1.82) is 0 Å². The first-order chi connectivity index (χ1) is 13.8. The monoisotopic (exact) mass is 405 g/mol. The van der Waals surface area contributed by atoms with Crippen LogP contribution in [0.2, 0.25) is 5.02 Å². The van der Waals surface area contributed by atoms with Crippen molar-refractivity contribution in [1.82, 2.24) is 10.4 Å². The van der Waals surface area contributed by atoms with Gasteiger partial charge in [-0.1, -0.05) is 65.4 Å². The number of hydrogen-bond acceptors (Lipinski definition) is 6. The van der Waals surface area contributed by atoms with E-state index in [4.69, 9.17) is 21.7 Å². The standard InChI is InChI=1S/C21H16ClN5S/c22-16-10-12-17(13-11-16)26-14-27(21-23-18-8-4-5-9-19(18)28-21)25-20(24-26)15-6-2-1-3-7-15/h1-13H,14H2,(H,24,25). The van der Waals surface area contributed by atoms with Gasteiger partial charge in [-0.15, -0.1) is 0 Å². The van der Waals surface area contributed by atoms with Crippen molar-refractivity contribution in [2.45, 2.75) is 0 Å². The van der Waals surface area contributed by atoms with Gasteiger partial charge in [0.15, 0.2) is 5.84 Å². The Bertz CT molecular complexity index is 1110. The Balaban J connectivity index is 1.55. The summed E-state index contributed by atoms with van der Waals surface area (Å²) in [5.41, 5.74) is 6.38. The molecule has 138 valence electrons. The minimum Gasteiger partial charge on any atom is -0.276 e. The van der Waals surface area contributed by atoms with Crippen LogP contribution in [0.4, 0.5) is 10.8 Å². The number of aromatic nitrogens is 1. The third-order valence-electron chi connectivity index (χ3n) is 4.42. The molecular weight excluding hydrogens is 390 g/mol. The van der Waals surface area contributed by atoms with Gasteiger partial charge in [0, 0.05) is 10.6 Å². The summed E-state index contributed by atoms with van der Waals surface area (Å²) >= 11 is 7.71. The van der Waals surface area contributed by atoms with Gasteiger partial charge < -0.3 is 0 Å². The maximum absolute atomic E-state index is 6.06. The smallest absolute Gasteiger partial charge is 0.207 e. The number of anilines is 2. The highest BCUT2D eigenvalue weighted by atomic mass is 35.5. The molecule has 0 radical (unpaired) electrons. The Hall–Kier alpha value is -3.09. The molecule has 1 N–H and O–H groups in total. The summed E-state index contributed by atoms with van der Waals surface area (Å²) < 4.78 is 1.15. The third-order valence-corrected chi connectivity index (χ3v) is 5.73. The van der Waals surface area contributed by atoms with Crippen molar-refractivity contribution in [3.05, 3.63) is 89.4 Å². The predicted octanol–water partition coefficient (Wildman–Crippen LogP) is 5.10. The van der Waals surface area contributed by atoms with E-state index in [2.05, 4.69) is 11.5 Å². The number of thiazole rings is 1. The van der Waals surface area contributed by atoms with Gasteiger partial charge >= 0.3 is 0 Å². The molecule has 1 aliphatic rings. The Morgan fingerprint density at radius 3 is 2.43 bits per heavy atom. The molecule has 0 unspecified atom stereocenters. The molecule has 1 aromatic heterocycles. The molecule has 0 atom stereocenters. The Labute approximate surface area is 171 Å². The number of hydrazone groups is 1. The van der Waals surface area contributed by atoms with Crippen molar-refractivity contribution in [3.63, 3.8) is 0 Å². The summed E-state index contributed by atoms with van der Waals surface area (Å²) in [7, 11) is 0. The van der Waals surface area contributed by atoms with E-state index < -0.39 is 0 Å². The number of fused-ring (bicyclic) bond motifs is 1. The molecule has 5 rings (SSSR count). The number of nitrogens with one attached hydrogen (secondary N) is 1. The molecule has 4 aromatic rings. The molecule has 1 aliphatic heterocycles. The number of benzene rings is 3. The number of nitrogens with zero attached hydrogens (tertiary/aromatic N) is 4. The van der Waals surface area contributed by atoms with E-state index in [0.29, 0.717) is 11.7 Å². The normalized spacial score (nSPS) is 14.1. The predicted molar refractivity (Wildman–Crippen MR) is 117 cm³/mol. The summed E-state index contributed by atoms with van der Waals surface area (Å²) in [6.45, 7) is 0.526. The molecule has 0 spiro atoms. The highest BCUT2D eigenvalue weighted by Crippen LogP contribution is 2.30. The van der Waals surface area contributed by atoms with Crippen LogP contribution in [-0.4, -0.2) is 17.5 Å². The van der Waals surface area contributed by atoms with Gasteiger partial charge in [-0.3, -0.25) is 5.43 Å². The lowest BCUT2D eigenvalue weighted by Crippen LogP contribution is -2.53. The Morgan fingerprint density at radius 1 is 0.893 bits per heavy atom. The molecular formula is C21H16ClN5S. The summed E-state index contributed by atoms with van der Waals surface area (Å²) in [6.07, 6.45) is 0. The van der Waals surface area contributed by atoms with E-state index >= 15 is 0 Å². The molecule has 0 fully saturated rings. The number of hydrazine groups is 1. The second kappa shape index (κ2) is 7.14. The molecule has 28 heavy (non-hydrogen) atoms. The van der Waals surface area contributed by atoms with Crippen LogP contribution >= 0.6 is 22.9 Å². The van der Waals surface area contributed by atoms with Crippen LogP contribution in [0.25, 0.3) is 10.2 Å². The maximum atomic E-state index is 6.06. The van der Waals surface area contributed by atoms with Crippen LogP contribution < -0.4 is 15.4 Å². The number of halogens is 1. The average molecular weight is 406 g/mol. The van der Waals surface area contributed by atoms with Crippen molar-refractivity contribution >= 4 is 49.8 Å². The molecule has 7 heteroatoms. The highest BCUT2D eigenvalue weighted by Gasteiger charge is 2.23. The third kappa shape index (κ3) is 3.28.